The van der Waals surface area contributed by atoms with Gasteiger partial charge in [0.15, 0.2) is 17.2 Å². The van der Waals surface area contributed by atoms with E-state index in [4.69, 9.17) is 0 Å². The van der Waals surface area contributed by atoms with Crippen LogP contribution in [0, 0.1) is 5.92 Å². The van der Waals surface area contributed by atoms with E-state index in [-0.39, 0.29) is 29.0 Å². The third-order valence-electron chi connectivity index (χ3n) is 4.72. The quantitative estimate of drug-likeness (QED) is 0.684. The molecule has 1 fully saturated rings. The van der Waals surface area contributed by atoms with Crippen LogP contribution in [-0.2, 0) is 11.0 Å². The maximum atomic E-state index is 13.0. The van der Waals surface area contributed by atoms with Gasteiger partial charge in [0.2, 0.25) is 5.91 Å². The number of pyridine rings is 1. The van der Waals surface area contributed by atoms with Crippen LogP contribution in [-0.4, -0.2) is 48.9 Å². The predicted octanol–water partition coefficient (Wildman–Crippen LogP) is 2.10. The number of alkyl halides is 3. The minimum atomic E-state index is -4.66. The van der Waals surface area contributed by atoms with E-state index in [1.165, 1.54) is 18.3 Å². The van der Waals surface area contributed by atoms with Crippen molar-refractivity contribution in [3.8, 4) is 5.75 Å². The van der Waals surface area contributed by atoms with E-state index in [0.717, 1.165) is 0 Å². The number of hydrogen-bond donors (Lipinski definition) is 2. The lowest BCUT2D eigenvalue weighted by Crippen LogP contribution is -2.38. The van der Waals surface area contributed by atoms with Crippen LogP contribution in [0.15, 0.2) is 30.5 Å². The fourth-order valence-electron chi connectivity index (χ4n) is 3.21. The van der Waals surface area contributed by atoms with Crippen LogP contribution in [0.1, 0.15) is 18.7 Å². The second kappa shape index (κ2) is 7.18. The SMILES string of the molecule is O=C(Nc1ncccc1O)C1CCN(c2ccc3nnc(C(F)(F)F)n3n2)CC1. The van der Waals surface area contributed by atoms with E-state index in [1.807, 2.05) is 4.90 Å². The topological polar surface area (TPSA) is 109 Å². The molecular weight excluding hydrogens is 391 g/mol. The Labute approximate surface area is 162 Å². The molecule has 9 nitrogen and oxygen atoms in total. The van der Waals surface area contributed by atoms with Gasteiger partial charge in [-0.2, -0.15) is 17.7 Å². The third-order valence-corrected chi connectivity index (χ3v) is 4.72. The minimum absolute atomic E-state index is 0.00510. The van der Waals surface area contributed by atoms with Crippen LogP contribution in [0.5, 0.6) is 5.75 Å². The van der Waals surface area contributed by atoms with E-state index in [2.05, 4.69) is 25.6 Å². The molecule has 1 saturated heterocycles. The fourth-order valence-corrected chi connectivity index (χ4v) is 3.21. The molecule has 2 N–H and O–H groups in total. The van der Waals surface area contributed by atoms with Crippen molar-refractivity contribution in [3.63, 3.8) is 0 Å². The molecule has 4 rings (SSSR count). The van der Waals surface area contributed by atoms with Crippen molar-refractivity contribution in [2.75, 3.05) is 23.3 Å². The lowest BCUT2D eigenvalue weighted by molar-refractivity contribution is -0.146. The van der Waals surface area contributed by atoms with Crippen molar-refractivity contribution < 1.29 is 23.1 Å². The van der Waals surface area contributed by atoms with Crippen LogP contribution < -0.4 is 10.2 Å². The summed E-state index contributed by atoms with van der Waals surface area (Å²) in [6, 6.07) is 5.98. The summed E-state index contributed by atoms with van der Waals surface area (Å²) >= 11 is 0. The maximum absolute atomic E-state index is 13.0. The molecule has 3 aromatic rings. The number of carbonyl (C=O) groups excluding carboxylic acids is 1. The first-order chi connectivity index (χ1) is 13.8. The fraction of sp³-hybridized carbons (Fsp3) is 0.353. The van der Waals surface area contributed by atoms with Gasteiger partial charge in [-0.3, -0.25) is 4.79 Å². The number of hydrogen-bond acceptors (Lipinski definition) is 7. The van der Waals surface area contributed by atoms with Crippen LogP contribution in [0.3, 0.4) is 0 Å². The molecule has 0 aliphatic carbocycles. The first-order valence-electron chi connectivity index (χ1n) is 8.82. The van der Waals surface area contributed by atoms with E-state index in [9.17, 15) is 23.1 Å². The van der Waals surface area contributed by atoms with Gasteiger partial charge in [-0.1, -0.05) is 0 Å². The minimum Gasteiger partial charge on any atom is -0.504 e. The standard InChI is InChI=1S/C17H16F3N7O2/c18-17(19,20)16-24-23-12-3-4-13(25-27(12)16)26-8-5-10(6-9-26)15(29)22-14-11(28)2-1-7-21-14/h1-4,7,10,28H,5-6,8-9H2,(H,21,22,29). The Kier molecular flexibility index (Phi) is 4.68. The van der Waals surface area contributed by atoms with Crippen molar-refractivity contribution in [1.82, 2.24) is 24.8 Å². The van der Waals surface area contributed by atoms with E-state index in [0.29, 0.717) is 36.3 Å². The molecule has 1 aliphatic rings. The summed E-state index contributed by atoms with van der Waals surface area (Å²) in [7, 11) is 0. The Morgan fingerprint density at radius 2 is 1.93 bits per heavy atom. The summed E-state index contributed by atoms with van der Waals surface area (Å²) in [5, 5.41) is 23.0. The van der Waals surface area contributed by atoms with Crippen molar-refractivity contribution in [2.45, 2.75) is 19.0 Å². The average molecular weight is 407 g/mol. The molecule has 152 valence electrons. The van der Waals surface area contributed by atoms with Crippen molar-refractivity contribution in [1.29, 1.82) is 0 Å². The number of aromatic hydroxyl groups is 1. The van der Waals surface area contributed by atoms with Gasteiger partial charge in [-0.05, 0) is 37.1 Å². The first-order valence-corrected chi connectivity index (χ1v) is 8.82. The molecule has 0 atom stereocenters. The summed E-state index contributed by atoms with van der Waals surface area (Å²) in [6.07, 6.45) is -2.24. The number of nitrogens with one attached hydrogen (secondary N) is 1. The molecule has 1 aliphatic heterocycles. The summed E-state index contributed by atoms with van der Waals surface area (Å²) in [4.78, 5) is 18.1. The van der Waals surface area contributed by atoms with Crippen LogP contribution in [0.25, 0.3) is 5.65 Å². The molecule has 0 aromatic carbocycles. The summed E-state index contributed by atoms with van der Waals surface area (Å²) in [5.74, 6) is -1.43. The van der Waals surface area contributed by atoms with Gasteiger partial charge in [-0.15, -0.1) is 15.3 Å². The number of halogens is 3. The molecular formula is C17H16F3N7O2. The number of aromatic nitrogens is 5. The summed E-state index contributed by atoms with van der Waals surface area (Å²) in [6.45, 7) is 0.878. The van der Waals surface area contributed by atoms with Gasteiger partial charge < -0.3 is 15.3 Å². The number of nitrogens with zero attached hydrogens (tertiary/aromatic N) is 6. The molecule has 4 heterocycles. The number of fused-ring (bicyclic) bond motifs is 1. The van der Waals surface area contributed by atoms with Crippen molar-refractivity contribution >= 4 is 23.2 Å². The second-order valence-electron chi connectivity index (χ2n) is 6.60. The molecule has 1 amide bonds. The van der Waals surface area contributed by atoms with E-state index < -0.39 is 12.0 Å². The number of anilines is 2. The monoisotopic (exact) mass is 407 g/mol. The van der Waals surface area contributed by atoms with Gasteiger partial charge >= 0.3 is 6.18 Å². The predicted molar refractivity (Wildman–Crippen MR) is 95.3 cm³/mol. The van der Waals surface area contributed by atoms with Gasteiger partial charge in [0, 0.05) is 25.2 Å². The Hall–Kier alpha value is -3.44. The van der Waals surface area contributed by atoms with Gasteiger partial charge in [-0.25, -0.2) is 4.98 Å². The van der Waals surface area contributed by atoms with Crippen molar-refractivity contribution in [3.05, 3.63) is 36.3 Å². The third kappa shape index (κ3) is 3.77. The smallest absolute Gasteiger partial charge is 0.453 e. The zero-order valence-electron chi connectivity index (χ0n) is 15.0. The van der Waals surface area contributed by atoms with Crippen LogP contribution in [0.2, 0.25) is 0 Å². The Morgan fingerprint density at radius 1 is 1.17 bits per heavy atom. The number of piperidine rings is 1. The summed E-state index contributed by atoms with van der Waals surface area (Å²) < 4.78 is 39.8. The molecule has 0 unspecified atom stereocenters. The molecule has 0 saturated carbocycles. The normalized spacial score (nSPS) is 15.6. The number of amides is 1. The Morgan fingerprint density at radius 3 is 2.62 bits per heavy atom. The maximum Gasteiger partial charge on any atom is 0.453 e. The lowest BCUT2D eigenvalue weighted by Gasteiger charge is -2.32. The molecule has 0 bridgehead atoms. The van der Waals surface area contributed by atoms with Crippen LogP contribution >= 0.6 is 0 Å². The van der Waals surface area contributed by atoms with Crippen molar-refractivity contribution in [2.24, 2.45) is 5.92 Å². The van der Waals surface area contributed by atoms with Crippen LogP contribution in [0.4, 0.5) is 24.8 Å². The number of rotatable bonds is 3. The molecule has 29 heavy (non-hydrogen) atoms. The highest BCUT2D eigenvalue weighted by molar-refractivity contribution is 5.92. The van der Waals surface area contributed by atoms with Gasteiger partial charge in [0.25, 0.3) is 5.82 Å². The largest absolute Gasteiger partial charge is 0.504 e. The summed E-state index contributed by atoms with van der Waals surface area (Å²) in [5.41, 5.74) is 0.00510. The first kappa shape index (κ1) is 18.9. The highest BCUT2D eigenvalue weighted by atomic mass is 19.4. The second-order valence-corrected chi connectivity index (χ2v) is 6.60. The highest BCUT2D eigenvalue weighted by Crippen LogP contribution is 2.29. The van der Waals surface area contributed by atoms with E-state index in [1.54, 1.807) is 12.1 Å². The average Bonchev–Trinajstić information content (AvgIpc) is 3.13. The Bertz CT molecular complexity index is 1040. The highest BCUT2D eigenvalue weighted by Gasteiger charge is 2.38. The Balaban J connectivity index is 1.44. The molecule has 0 spiro atoms. The molecule has 3 aromatic heterocycles. The molecule has 12 heteroatoms. The lowest BCUT2D eigenvalue weighted by atomic mass is 9.96. The zero-order chi connectivity index (χ0) is 20.6. The van der Waals surface area contributed by atoms with E-state index >= 15 is 0 Å². The number of carbonyl (C=O) groups is 1. The zero-order valence-corrected chi connectivity index (χ0v) is 15.0. The van der Waals surface area contributed by atoms with Gasteiger partial charge in [0.1, 0.15) is 5.82 Å². The molecule has 0 radical (unpaired) electrons. The van der Waals surface area contributed by atoms with Gasteiger partial charge in [0.05, 0.1) is 0 Å².